The van der Waals surface area contributed by atoms with Crippen LogP contribution in [0, 0.1) is 17.0 Å². The number of nitrogens with zero attached hydrogens (tertiary/aromatic N) is 2. The highest BCUT2D eigenvalue weighted by molar-refractivity contribution is 9.10. The summed E-state index contributed by atoms with van der Waals surface area (Å²) < 4.78 is 0.682. The molecular weight excluding hydrogens is 342 g/mol. The summed E-state index contributed by atoms with van der Waals surface area (Å²) in [6.07, 6.45) is 2.87. The summed E-state index contributed by atoms with van der Waals surface area (Å²) in [4.78, 5) is 16.1. The van der Waals surface area contributed by atoms with Crippen LogP contribution >= 0.6 is 27.3 Å². The zero-order chi connectivity index (χ0) is 14.7. The summed E-state index contributed by atoms with van der Waals surface area (Å²) in [6, 6.07) is 3.30. The third-order valence-electron chi connectivity index (χ3n) is 2.86. The first-order chi connectivity index (χ1) is 9.51. The quantitative estimate of drug-likeness (QED) is 0.641. The van der Waals surface area contributed by atoms with E-state index in [9.17, 15) is 10.1 Å². The van der Waals surface area contributed by atoms with Gasteiger partial charge in [-0.1, -0.05) is 6.92 Å². The molecule has 0 aliphatic carbocycles. The van der Waals surface area contributed by atoms with Gasteiger partial charge in [0.25, 0.3) is 5.69 Å². The van der Waals surface area contributed by atoms with Crippen molar-refractivity contribution < 1.29 is 4.92 Å². The van der Waals surface area contributed by atoms with Gasteiger partial charge in [-0.3, -0.25) is 10.1 Å². The topological polar surface area (TPSA) is 68.1 Å². The fourth-order valence-electron chi connectivity index (χ4n) is 1.77. The molecule has 0 radical (unpaired) electrons. The molecule has 2 aromatic rings. The van der Waals surface area contributed by atoms with E-state index in [1.165, 1.54) is 10.9 Å². The van der Waals surface area contributed by atoms with E-state index in [-0.39, 0.29) is 10.6 Å². The van der Waals surface area contributed by atoms with Crippen molar-refractivity contribution in [1.82, 2.24) is 4.98 Å². The summed E-state index contributed by atoms with van der Waals surface area (Å²) in [6.45, 7) is 4.44. The highest BCUT2D eigenvalue weighted by Crippen LogP contribution is 2.31. The predicted octanol–water partition coefficient (Wildman–Crippen LogP) is 4.30. The van der Waals surface area contributed by atoms with Crippen molar-refractivity contribution >= 4 is 38.6 Å². The van der Waals surface area contributed by atoms with E-state index in [1.54, 1.807) is 24.3 Å². The molecule has 0 aliphatic heterocycles. The normalized spacial score (nSPS) is 10.6. The molecule has 5 nitrogen and oxygen atoms in total. The molecule has 1 aromatic carbocycles. The van der Waals surface area contributed by atoms with Crippen LogP contribution in [0.5, 0.6) is 0 Å². The number of halogens is 1. The molecule has 2 rings (SSSR count). The molecule has 0 atom stereocenters. The number of anilines is 1. The van der Waals surface area contributed by atoms with E-state index in [2.05, 4.69) is 33.2 Å². The molecule has 0 saturated heterocycles. The molecule has 0 bridgehead atoms. The van der Waals surface area contributed by atoms with Crippen molar-refractivity contribution in [2.75, 3.05) is 5.32 Å². The minimum absolute atomic E-state index is 0.116. The van der Waals surface area contributed by atoms with Crippen molar-refractivity contribution in [2.45, 2.75) is 26.8 Å². The van der Waals surface area contributed by atoms with Gasteiger partial charge in [0, 0.05) is 32.9 Å². The molecule has 1 aromatic heterocycles. The second-order valence-electron chi connectivity index (χ2n) is 4.30. The number of aromatic nitrogens is 1. The number of nitro groups is 1. The van der Waals surface area contributed by atoms with E-state index < -0.39 is 0 Å². The summed E-state index contributed by atoms with van der Waals surface area (Å²) in [5.41, 5.74) is 1.58. The van der Waals surface area contributed by atoms with E-state index in [4.69, 9.17) is 0 Å². The number of aryl methyl sites for hydroxylation is 2. The number of rotatable bonds is 5. The Bertz CT molecular complexity index is 643. The van der Waals surface area contributed by atoms with E-state index in [1.807, 2.05) is 6.20 Å². The van der Waals surface area contributed by atoms with Crippen LogP contribution in [0.4, 0.5) is 11.4 Å². The van der Waals surface area contributed by atoms with Crippen molar-refractivity contribution in [3.63, 3.8) is 0 Å². The van der Waals surface area contributed by atoms with Crippen LogP contribution in [0.25, 0.3) is 0 Å². The second kappa shape index (κ2) is 6.32. The number of thiazole rings is 1. The molecule has 0 saturated carbocycles. The highest BCUT2D eigenvalue weighted by atomic mass is 79.9. The first kappa shape index (κ1) is 14.9. The van der Waals surface area contributed by atoms with Gasteiger partial charge in [-0.2, -0.15) is 0 Å². The van der Waals surface area contributed by atoms with Gasteiger partial charge >= 0.3 is 0 Å². The van der Waals surface area contributed by atoms with Crippen LogP contribution in [-0.4, -0.2) is 9.91 Å². The highest BCUT2D eigenvalue weighted by Gasteiger charge is 2.14. The molecule has 7 heteroatoms. The molecule has 1 N–H and O–H groups in total. The van der Waals surface area contributed by atoms with Gasteiger partial charge in [0.1, 0.15) is 5.01 Å². The van der Waals surface area contributed by atoms with E-state index in [0.717, 1.165) is 17.1 Å². The Morgan fingerprint density at radius 3 is 2.85 bits per heavy atom. The SMILES string of the molecule is CCc1cnc(CNc2cc(C)c([N+](=O)[O-])cc2Br)s1. The lowest BCUT2D eigenvalue weighted by molar-refractivity contribution is -0.385. The van der Waals surface area contributed by atoms with Crippen LogP contribution in [0.3, 0.4) is 0 Å². The van der Waals surface area contributed by atoms with Gasteiger partial charge < -0.3 is 5.32 Å². The number of nitrogens with one attached hydrogen (secondary N) is 1. The number of hydrogen-bond acceptors (Lipinski definition) is 5. The average molecular weight is 356 g/mol. The standard InChI is InChI=1S/C13H14BrN3O2S/c1-3-9-6-16-13(20-9)7-15-11-4-8(2)12(17(18)19)5-10(11)14/h4-6,15H,3,7H2,1-2H3. The van der Waals surface area contributed by atoms with Crippen LogP contribution in [0.2, 0.25) is 0 Å². The van der Waals surface area contributed by atoms with Crippen molar-refractivity contribution in [3.8, 4) is 0 Å². The Morgan fingerprint density at radius 1 is 1.50 bits per heavy atom. The zero-order valence-corrected chi connectivity index (χ0v) is 13.5. The molecule has 106 valence electrons. The smallest absolute Gasteiger partial charge is 0.273 e. The summed E-state index contributed by atoms with van der Waals surface area (Å²) in [7, 11) is 0. The summed E-state index contributed by atoms with van der Waals surface area (Å²) in [5.74, 6) is 0. The fraction of sp³-hybridized carbons (Fsp3) is 0.308. The lowest BCUT2D eigenvalue weighted by Crippen LogP contribution is -2.01. The molecule has 0 fully saturated rings. The Kier molecular flexibility index (Phi) is 4.72. The zero-order valence-electron chi connectivity index (χ0n) is 11.1. The van der Waals surface area contributed by atoms with Crippen LogP contribution < -0.4 is 5.32 Å². The van der Waals surface area contributed by atoms with Crippen molar-refractivity contribution in [3.05, 3.63) is 48.4 Å². The first-order valence-corrected chi connectivity index (χ1v) is 7.74. The monoisotopic (exact) mass is 355 g/mol. The minimum atomic E-state index is -0.377. The third-order valence-corrected chi connectivity index (χ3v) is 4.66. The predicted molar refractivity (Wildman–Crippen MR) is 84.4 cm³/mol. The van der Waals surface area contributed by atoms with Crippen LogP contribution in [-0.2, 0) is 13.0 Å². The largest absolute Gasteiger partial charge is 0.378 e. The maximum absolute atomic E-state index is 10.9. The maximum Gasteiger partial charge on any atom is 0.273 e. The molecule has 0 unspecified atom stereocenters. The van der Waals surface area contributed by atoms with Gasteiger partial charge in [-0.25, -0.2) is 4.98 Å². The van der Waals surface area contributed by atoms with Gasteiger partial charge in [0.05, 0.1) is 11.5 Å². The van der Waals surface area contributed by atoms with Crippen LogP contribution in [0.15, 0.2) is 22.8 Å². The minimum Gasteiger partial charge on any atom is -0.378 e. The van der Waals surface area contributed by atoms with Crippen molar-refractivity contribution in [1.29, 1.82) is 0 Å². The Balaban J connectivity index is 2.13. The van der Waals surface area contributed by atoms with Crippen LogP contribution in [0.1, 0.15) is 22.4 Å². The number of benzene rings is 1. The van der Waals surface area contributed by atoms with Crippen molar-refractivity contribution in [2.24, 2.45) is 0 Å². The van der Waals surface area contributed by atoms with Gasteiger partial charge in [-0.05, 0) is 35.3 Å². The molecule has 1 heterocycles. The average Bonchev–Trinajstić information content (AvgIpc) is 2.87. The lowest BCUT2D eigenvalue weighted by atomic mass is 10.2. The fourth-order valence-corrected chi connectivity index (χ4v) is 3.04. The van der Waals surface area contributed by atoms with E-state index >= 15 is 0 Å². The molecule has 0 spiro atoms. The molecule has 0 amide bonds. The van der Waals surface area contributed by atoms with Gasteiger partial charge in [-0.15, -0.1) is 11.3 Å². The molecule has 20 heavy (non-hydrogen) atoms. The third kappa shape index (κ3) is 3.34. The molecule has 0 aliphatic rings. The Morgan fingerprint density at radius 2 is 2.25 bits per heavy atom. The first-order valence-electron chi connectivity index (χ1n) is 6.13. The van der Waals surface area contributed by atoms with E-state index in [0.29, 0.717) is 16.6 Å². The van der Waals surface area contributed by atoms with Gasteiger partial charge in [0.15, 0.2) is 0 Å². The lowest BCUT2D eigenvalue weighted by Gasteiger charge is -2.08. The second-order valence-corrected chi connectivity index (χ2v) is 6.36. The molecular formula is C13H14BrN3O2S. The Labute approximate surface area is 129 Å². The Hall–Kier alpha value is -1.47. The maximum atomic E-state index is 10.9. The number of nitro benzene ring substituents is 1. The summed E-state index contributed by atoms with van der Waals surface area (Å²) in [5, 5.41) is 15.1. The number of hydrogen-bond donors (Lipinski definition) is 1. The van der Waals surface area contributed by atoms with Gasteiger partial charge in [0.2, 0.25) is 0 Å². The summed E-state index contributed by atoms with van der Waals surface area (Å²) >= 11 is 5.03.